The summed E-state index contributed by atoms with van der Waals surface area (Å²) < 4.78 is 0. The van der Waals surface area contributed by atoms with Gasteiger partial charge >= 0.3 is 0 Å². The molecule has 3 N–H and O–H groups in total. The van der Waals surface area contributed by atoms with E-state index in [2.05, 4.69) is 20.2 Å². The van der Waals surface area contributed by atoms with Crippen molar-refractivity contribution in [3.63, 3.8) is 0 Å². The molecule has 2 aromatic heterocycles. The molecule has 3 heterocycles. The van der Waals surface area contributed by atoms with E-state index in [1.807, 2.05) is 11.4 Å². The van der Waals surface area contributed by atoms with Gasteiger partial charge in [0.1, 0.15) is 17.0 Å². The second kappa shape index (κ2) is 5.72. The number of carbonyl (C=O) groups excluding carboxylic acids is 1. The van der Waals surface area contributed by atoms with E-state index >= 15 is 0 Å². The lowest BCUT2D eigenvalue weighted by Crippen LogP contribution is -2.43. The van der Waals surface area contributed by atoms with Crippen molar-refractivity contribution in [1.29, 1.82) is 0 Å². The van der Waals surface area contributed by atoms with E-state index in [0.29, 0.717) is 12.6 Å². The number of likely N-dealkylation sites (tertiary alicyclic amines) is 1. The van der Waals surface area contributed by atoms with Crippen molar-refractivity contribution in [2.45, 2.75) is 18.9 Å². The minimum atomic E-state index is -0.257. The highest BCUT2D eigenvalue weighted by Gasteiger charge is 2.20. The van der Waals surface area contributed by atoms with Crippen LogP contribution in [-0.4, -0.2) is 46.5 Å². The van der Waals surface area contributed by atoms with Gasteiger partial charge in [-0.2, -0.15) is 0 Å². The van der Waals surface area contributed by atoms with Gasteiger partial charge in [-0.15, -0.1) is 11.3 Å². The number of thiophene rings is 1. The average molecular weight is 291 g/mol. The molecule has 106 valence electrons. The first-order chi connectivity index (χ1) is 9.72. The largest absolute Gasteiger partial charge is 0.369 e. The first-order valence-electron chi connectivity index (χ1n) is 6.68. The number of nitrogens with zero attached hydrogens (tertiary/aromatic N) is 3. The fraction of sp³-hybridized carbons (Fsp3) is 0.462. The Morgan fingerprint density at radius 2 is 2.25 bits per heavy atom. The molecule has 2 aromatic rings. The third-order valence-electron chi connectivity index (χ3n) is 3.57. The second-order valence-electron chi connectivity index (χ2n) is 5.02. The predicted octanol–water partition coefficient (Wildman–Crippen LogP) is 1.05. The first-order valence-corrected chi connectivity index (χ1v) is 7.56. The van der Waals surface area contributed by atoms with Gasteiger partial charge < -0.3 is 11.1 Å². The van der Waals surface area contributed by atoms with Crippen LogP contribution in [-0.2, 0) is 4.79 Å². The number of primary amides is 1. The Morgan fingerprint density at radius 1 is 1.45 bits per heavy atom. The summed E-state index contributed by atoms with van der Waals surface area (Å²) in [6.45, 7) is 2.13. The summed E-state index contributed by atoms with van der Waals surface area (Å²) in [5.74, 6) is 0.650. The maximum atomic E-state index is 10.9. The molecule has 1 saturated heterocycles. The van der Waals surface area contributed by atoms with Crippen LogP contribution in [0, 0.1) is 0 Å². The van der Waals surface area contributed by atoms with Crippen molar-refractivity contribution in [3.05, 3.63) is 17.8 Å². The molecule has 0 spiro atoms. The van der Waals surface area contributed by atoms with Crippen molar-refractivity contribution in [2.24, 2.45) is 5.73 Å². The molecule has 0 saturated carbocycles. The van der Waals surface area contributed by atoms with Crippen LogP contribution < -0.4 is 11.1 Å². The van der Waals surface area contributed by atoms with Crippen LogP contribution in [0.15, 0.2) is 17.8 Å². The highest BCUT2D eigenvalue weighted by atomic mass is 32.1. The number of nitrogens with one attached hydrogen (secondary N) is 1. The summed E-state index contributed by atoms with van der Waals surface area (Å²) in [4.78, 5) is 22.6. The fourth-order valence-electron chi connectivity index (χ4n) is 2.55. The van der Waals surface area contributed by atoms with Crippen LogP contribution in [0.5, 0.6) is 0 Å². The van der Waals surface area contributed by atoms with Gasteiger partial charge in [0.05, 0.1) is 11.9 Å². The van der Waals surface area contributed by atoms with E-state index in [9.17, 15) is 4.79 Å². The van der Waals surface area contributed by atoms with E-state index in [1.54, 1.807) is 17.7 Å². The monoisotopic (exact) mass is 291 g/mol. The van der Waals surface area contributed by atoms with Crippen LogP contribution in [0.1, 0.15) is 12.8 Å². The molecule has 0 unspecified atom stereocenters. The van der Waals surface area contributed by atoms with Gasteiger partial charge in [-0.25, -0.2) is 9.97 Å². The zero-order chi connectivity index (χ0) is 13.9. The number of hydrogen-bond acceptors (Lipinski definition) is 6. The summed E-state index contributed by atoms with van der Waals surface area (Å²) in [6, 6.07) is 2.43. The molecule has 1 amide bonds. The fourth-order valence-corrected chi connectivity index (χ4v) is 3.29. The van der Waals surface area contributed by atoms with Crippen LogP contribution >= 0.6 is 11.3 Å². The Labute approximate surface area is 121 Å². The third-order valence-corrected chi connectivity index (χ3v) is 4.39. The summed E-state index contributed by atoms with van der Waals surface area (Å²) in [7, 11) is 0. The maximum absolute atomic E-state index is 10.9. The second-order valence-corrected chi connectivity index (χ2v) is 5.92. The lowest BCUT2D eigenvalue weighted by molar-refractivity contribution is -0.119. The lowest BCUT2D eigenvalue weighted by Gasteiger charge is -2.31. The number of rotatable bonds is 4. The average Bonchev–Trinajstić information content (AvgIpc) is 2.90. The minimum Gasteiger partial charge on any atom is -0.369 e. The minimum absolute atomic E-state index is 0.257. The molecule has 6 nitrogen and oxygen atoms in total. The van der Waals surface area contributed by atoms with Gasteiger partial charge in [0.25, 0.3) is 0 Å². The van der Waals surface area contributed by atoms with Gasteiger partial charge in [0.2, 0.25) is 5.91 Å². The van der Waals surface area contributed by atoms with Gasteiger partial charge in [-0.1, -0.05) is 0 Å². The van der Waals surface area contributed by atoms with Crippen molar-refractivity contribution in [3.8, 4) is 0 Å². The third kappa shape index (κ3) is 2.88. The molecule has 0 atom stereocenters. The summed E-state index contributed by atoms with van der Waals surface area (Å²) >= 11 is 1.62. The SMILES string of the molecule is NC(=O)CN1CCC(Nc2ncnc3sccc23)CC1. The molecule has 0 radical (unpaired) electrons. The quantitative estimate of drug-likeness (QED) is 0.879. The van der Waals surface area contributed by atoms with Crippen LogP contribution in [0.2, 0.25) is 0 Å². The molecule has 0 aromatic carbocycles. The smallest absolute Gasteiger partial charge is 0.231 e. The van der Waals surface area contributed by atoms with E-state index in [-0.39, 0.29) is 5.91 Å². The molecule has 0 bridgehead atoms. The molecule has 1 aliphatic rings. The normalized spacial score (nSPS) is 17.4. The molecule has 1 fully saturated rings. The molecular formula is C13H17N5OS. The molecule has 0 aliphatic carbocycles. The standard InChI is InChI=1S/C13H17N5OS/c14-11(19)7-18-4-1-9(2-5-18)17-12-10-3-6-20-13(10)16-8-15-12/h3,6,8-9H,1-2,4-5,7H2,(H2,14,19)(H,15,16,17). The lowest BCUT2D eigenvalue weighted by atomic mass is 10.0. The topological polar surface area (TPSA) is 84.1 Å². The van der Waals surface area contributed by atoms with Gasteiger partial charge in [-0.05, 0) is 24.3 Å². The summed E-state index contributed by atoms with van der Waals surface area (Å²) in [5.41, 5.74) is 5.22. The summed E-state index contributed by atoms with van der Waals surface area (Å²) in [5, 5.41) is 6.60. The Bertz CT molecular complexity index is 606. The van der Waals surface area contributed by atoms with Crippen molar-refractivity contribution < 1.29 is 4.79 Å². The van der Waals surface area contributed by atoms with E-state index in [4.69, 9.17) is 5.73 Å². The van der Waals surface area contributed by atoms with Crippen molar-refractivity contribution in [2.75, 3.05) is 25.0 Å². The Morgan fingerprint density at radius 3 is 3.00 bits per heavy atom. The molecule has 7 heteroatoms. The van der Waals surface area contributed by atoms with Crippen LogP contribution in [0.25, 0.3) is 10.2 Å². The van der Waals surface area contributed by atoms with Gasteiger partial charge in [0, 0.05) is 19.1 Å². The van der Waals surface area contributed by atoms with E-state index < -0.39 is 0 Å². The number of aromatic nitrogens is 2. The number of amides is 1. The van der Waals surface area contributed by atoms with Gasteiger partial charge in [-0.3, -0.25) is 9.69 Å². The number of anilines is 1. The highest BCUT2D eigenvalue weighted by Crippen LogP contribution is 2.25. The maximum Gasteiger partial charge on any atom is 0.231 e. The van der Waals surface area contributed by atoms with Crippen LogP contribution in [0.3, 0.4) is 0 Å². The predicted molar refractivity (Wildman–Crippen MR) is 79.7 cm³/mol. The Kier molecular flexibility index (Phi) is 3.79. The number of piperidine rings is 1. The Balaban J connectivity index is 1.62. The zero-order valence-electron chi connectivity index (χ0n) is 11.1. The van der Waals surface area contributed by atoms with E-state index in [0.717, 1.165) is 42.0 Å². The Hall–Kier alpha value is -1.73. The number of nitrogens with two attached hydrogens (primary N) is 1. The number of hydrogen-bond donors (Lipinski definition) is 2. The molecule has 20 heavy (non-hydrogen) atoms. The van der Waals surface area contributed by atoms with Crippen LogP contribution in [0.4, 0.5) is 5.82 Å². The van der Waals surface area contributed by atoms with E-state index in [1.165, 1.54) is 0 Å². The number of fused-ring (bicyclic) bond motifs is 1. The number of carbonyl (C=O) groups is 1. The van der Waals surface area contributed by atoms with Gasteiger partial charge in [0.15, 0.2) is 0 Å². The first kappa shape index (κ1) is 13.3. The summed E-state index contributed by atoms with van der Waals surface area (Å²) in [6.07, 6.45) is 3.58. The zero-order valence-corrected chi connectivity index (χ0v) is 11.9. The molecule has 1 aliphatic heterocycles. The van der Waals surface area contributed by atoms with Crippen molar-refractivity contribution in [1.82, 2.24) is 14.9 Å². The van der Waals surface area contributed by atoms with Crippen molar-refractivity contribution >= 4 is 33.3 Å². The molecule has 3 rings (SSSR count). The highest BCUT2D eigenvalue weighted by molar-refractivity contribution is 7.16. The molecular weight excluding hydrogens is 274 g/mol.